The highest BCUT2D eigenvalue weighted by Crippen LogP contribution is 2.27. The molecule has 0 heterocycles. The minimum Gasteiger partial charge on any atom is -0.495 e. The van der Waals surface area contributed by atoms with Crippen molar-refractivity contribution in [3.05, 3.63) is 23.2 Å². The van der Waals surface area contributed by atoms with Crippen LogP contribution in [0.25, 0.3) is 0 Å². The van der Waals surface area contributed by atoms with E-state index in [1.807, 2.05) is 0 Å². The van der Waals surface area contributed by atoms with Crippen molar-refractivity contribution in [2.45, 2.75) is 62.4 Å². The molecule has 25 heavy (non-hydrogen) atoms. The highest BCUT2D eigenvalue weighted by atomic mass is 35.5. The van der Waals surface area contributed by atoms with E-state index in [4.69, 9.17) is 16.3 Å². The number of nitrogens with one attached hydrogen (secondary N) is 2. The van der Waals surface area contributed by atoms with Crippen LogP contribution < -0.4 is 14.8 Å². The molecular formula is C17H25ClN2O4S. The summed E-state index contributed by atoms with van der Waals surface area (Å²) < 4.78 is 32.7. The van der Waals surface area contributed by atoms with Gasteiger partial charge in [-0.15, -0.1) is 0 Å². The van der Waals surface area contributed by atoms with E-state index in [9.17, 15) is 13.2 Å². The molecule has 1 aromatic carbocycles. The van der Waals surface area contributed by atoms with Gasteiger partial charge in [0.15, 0.2) is 0 Å². The lowest BCUT2D eigenvalue weighted by Crippen LogP contribution is -2.47. The normalized spacial score (nSPS) is 17.6. The molecule has 1 unspecified atom stereocenters. The van der Waals surface area contributed by atoms with Gasteiger partial charge in [0.1, 0.15) is 10.6 Å². The summed E-state index contributed by atoms with van der Waals surface area (Å²) in [4.78, 5) is 12.3. The molecule has 0 bridgehead atoms. The lowest BCUT2D eigenvalue weighted by molar-refractivity contribution is -0.123. The molecule has 1 aliphatic carbocycles. The molecule has 1 atom stereocenters. The third-order valence-corrected chi connectivity index (χ3v) is 6.14. The van der Waals surface area contributed by atoms with Gasteiger partial charge in [0, 0.05) is 11.1 Å². The van der Waals surface area contributed by atoms with Gasteiger partial charge in [-0.25, -0.2) is 8.42 Å². The van der Waals surface area contributed by atoms with Gasteiger partial charge in [-0.3, -0.25) is 4.79 Å². The predicted molar refractivity (Wildman–Crippen MR) is 97.4 cm³/mol. The van der Waals surface area contributed by atoms with Crippen molar-refractivity contribution in [3.63, 3.8) is 0 Å². The second-order valence-electron chi connectivity index (χ2n) is 6.34. The number of benzene rings is 1. The molecule has 6 nitrogen and oxygen atoms in total. The number of amides is 1. The maximum atomic E-state index is 12.6. The van der Waals surface area contributed by atoms with E-state index in [-0.39, 0.29) is 27.6 Å². The standard InChI is InChI=1S/C17H25ClN2O4S/c1-12(17(21)19-14-7-5-3-4-6-8-14)20-25(22,23)16-11-13(18)9-10-15(16)24-2/h9-12,14,20H,3-8H2,1-2H3,(H,19,21). The molecule has 0 saturated heterocycles. The molecule has 1 saturated carbocycles. The fourth-order valence-electron chi connectivity index (χ4n) is 2.96. The van der Waals surface area contributed by atoms with Crippen molar-refractivity contribution in [2.24, 2.45) is 0 Å². The monoisotopic (exact) mass is 388 g/mol. The Morgan fingerprint density at radius 3 is 2.48 bits per heavy atom. The number of methoxy groups -OCH3 is 1. The van der Waals surface area contributed by atoms with E-state index in [1.165, 1.54) is 39.0 Å². The summed E-state index contributed by atoms with van der Waals surface area (Å²) in [6.07, 6.45) is 6.42. The topological polar surface area (TPSA) is 84.5 Å². The number of hydrogen-bond acceptors (Lipinski definition) is 4. The second kappa shape index (κ2) is 8.87. The van der Waals surface area contributed by atoms with Gasteiger partial charge in [-0.1, -0.05) is 37.3 Å². The zero-order valence-corrected chi connectivity index (χ0v) is 16.1. The maximum absolute atomic E-state index is 12.6. The molecule has 2 rings (SSSR count). The molecule has 0 radical (unpaired) electrons. The summed E-state index contributed by atoms with van der Waals surface area (Å²) in [5.41, 5.74) is 0. The first-order valence-electron chi connectivity index (χ1n) is 8.49. The van der Waals surface area contributed by atoms with Crippen LogP contribution >= 0.6 is 11.6 Å². The molecule has 0 spiro atoms. The van der Waals surface area contributed by atoms with Gasteiger partial charge < -0.3 is 10.1 Å². The molecule has 1 aliphatic rings. The van der Waals surface area contributed by atoms with E-state index >= 15 is 0 Å². The van der Waals surface area contributed by atoms with E-state index in [0.717, 1.165) is 25.7 Å². The molecule has 0 aliphatic heterocycles. The molecule has 1 fully saturated rings. The predicted octanol–water partition coefficient (Wildman–Crippen LogP) is 2.85. The lowest BCUT2D eigenvalue weighted by Gasteiger charge is -2.20. The number of hydrogen-bond donors (Lipinski definition) is 2. The minimum atomic E-state index is -3.94. The number of carbonyl (C=O) groups excluding carboxylic acids is 1. The third kappa shape index (κ3) is 5.59. The van der Waals surface area contributed by atoms with Gasteiger partial charge >= 0.3 is 0 Å². The highest BCUT2D eigenvalue weighted by Gasteiger charge is 2.26. The smallest absolute Gasteiger partial charge is 0.245 e. The molecule has 1 aromatic rings. The third-order valence-electron chi connectivity index (χ3n) is 4.34. The molecule has 8 heteroatoms. The number of halogens is 1. The van der Waals surface area contributed by atoms with E-state index in [1.54, 1.807) is 6.07 Å². The van der Waals surface area contributed by atoms with Crippen LogP contribution in [-0.4, -0.2) is 33.5 Å². The van der Waals surface area contributed by atoms with Crippen LogP contribution in [0.5, 0.6) is 5.75 Å². The van der Waals surface area contributed by atoms with Crippen molar-refractivity contribution >= 4 is 27.5 Å². The Morgan fingerprint density at radius 1 is 1.24 bits per heavy atom. The molecule has 0 aromatic heterocycles. The first-order chi connectivity index (χ1) is 11.8. The van der Waals surface area contributed by atoms with Gasteiger partial charge in [-0.2, -0.15) is 4.72 Å². The molecule has 2 N–H and O–H groups in total. The molecule has 1 amide bonds. The number of sulfonamides is 1. The molecule has 140 valence electrons. The Labute approximate surface area is 154 Å². The lowest BCUT2D eigenvalue weighted by atomic mass is 10.1. The Hall–Kier alpha value is -1.31. The van der Waals surface area contributed by atoms with E-state index in [0.29, 0.717) is 0 Å². The molecular weight excluding hydrogens is 364 g/mol. The summed E-state index contributed by atoms with van der Waals surface area (Å²) in [5, 5.41) is 3.22. The Kier molecular flexibility index (Phi) is 7.10. The van der Waals surface area contributed by atoms with Crippen molar-refractivity contribution in [2.75, 3.05) is 7.11 Å². The number of carbonyl (C=O) groups is 1. The summed E-state index contributed by atoms with van der Waals surface area (Å²) >= 11 is 5.90. The fourth-order valence-corrected chi connectivity index (χ4v) is 4.59. The number of ether oxygens (including phenoxy) is 1. The van der Waals surface area contributed by atoms with Crippen LogP contribution in [0.1, 0.15) is 45.4 Å². The van der Waals surface area contributed by atoms with E-state index in [2.05, 4.69) is 10.0 Å². The first kappa shape index (κ1) is 20.0. The summed E-state index contributed by atoms with van der Waals surface area (Å²) in [7, 11) is -2.56. The van der Waals surface area contributed by atoms with Crippen molar-refractivity contribution < 1.29 is 17.9 Å². The van der Waals surface area contributed by atoms with Gasteiger partial charge in [-0.05, 0) is 38.0 Å². The van der Waals surface area contributed by atoms with Crippen molar-refractivity contribution in [1.82, 2.24) is 10.0 Å². The SMILES string of the molecule is COc1ccc(Cl)cc1S(=O)(=O)NC(C)C(=O)NC1CCCCCC1. The Bertz CT molecular complexity index is 701. The minimum absolute atomic E-state index is 0.0865. The summed E-state index contributed by atoms with van der Waals surface area (Å²) in [6, 6.07) is 3.55. The van der Waals surface area contributed by atoms with Crippen LogP contribution in [0, 0.1) is 0 Å². The van der Waals surface area contributed by atoms with Crippen LogP contribution in [0.2, 0.25) is 5.02 Å². The van der Waals surface area contributed by atoms with Crippen LogP contribution in [0.4, 0.5) is 0 Å². The first-order valence-corrected chi connectivity index (χ1v) is 10.4. The summed E-state index contributed by atoms with van der Waals surface area (Å²) in [5.74, 6) is -0.148. The van der Waals surface area contributed by atoms with Crippen LogP contribution in [0.3, 0.4) is 0 Å². The maximum Gasteiger partial charge on any atom is 0.245 e. The average molecular weight is 389 g/mol. The number of rotatable bonds is 6. The largest absolute Gasteiger partial charge is 0.495 e. The van der Waals surface area contributed by atoms with Crippen molar-refractivity contribution in [1.29, 1.82) is 0 Å². The van der Waals surface area contributed by atoms with Gasteiger partial charge in [0.05, 0.1) is 13.2 Å². The van der Waals surface area contributed by atoms with Crippen molar-refractivity contribution in [3.8, 4) is 5.75 Å². The fraction of sp³-hybridized carbons (Fsp3) is 0.588. The Morgan fingerprint density at radius 2 is 1.88 bits per heavy atom. The van der Waals surface area contributed by atoms with Gasteiger partial charge in [0.25, 0.3) is 0 Å². The average Bonchev–Trinajstić information content (AvgIpc) is 2.83. The zero-order chi connectivity index (χ0) is 18.4. The Balaban J connectivity index is 2.06. The zero-order valence-electron chi connectivity index (χ0n) is 14.5. The summed E-state index contributed by atoms with van der Waals surface area (Å²) in [6.45, 7) is 1.53. The van der Waals surface area contributed by atoms with Crippen LogP contribution in [0.15, 0.2) is 23.1 Å². The second-order valence-corrected chi connectivity index (χ2v) is 8.45. The van der Waals surface area contributed by atoms with Gasteiger partial charge in [0.2, 0.25) is 15.9 Å². The van der Waals surface area contributed by atoms with Crippen LogP contribution in [-0.2, 0) is 14.8 Å². The quantitative estimate of drug-likeness (QED) is 0.734. The van der Waals surface area contributed by atoms with E-state index < -0.39 is 16.1 Å². The highest BCUT2D eigenvalue weighted by molar-refractivity contribution is 7.89.